The van der Waals surface area contributed by atoms with Crippen LogP contribution in [0.15, 0.2) is 0 Å². The van der Waals surface area contributed by atoms with Crippen molar-refractivity contribution >= 4 is 17.9 Å². The van der Waals surface area contributed by atoms with Gasteiger partial charge in [-0.1, -0.05) is 144 Å². The summed E-state index contributed by atoms with van der Waals surface area (Å²) >= 11 is 0. The molecule has 4 aliphatic rings. The molecule has 0 N–H and O–H groups in total. The van der Waals surface area contributed by atoms with Crippen molar-refractivity contribution in [2.75, 3.05) is 39.5 Å². The summed E-state index contributed by atoms with van der Waals surface area (Å²) in [7, 11) is 0. The lowest BCUT2D eigenvalue weighted by atomic mass is 9.37. The van der Waals surface area contributed by atoms with Crippen LogP contribution in [0.25, 0.3) is 0 Å². The van der Waals surface area contributed by atoms with Gasteiger partial charge in [-0.2, -0.15) is 0 Å². The Morgan fingerprint density at radius 3 is 1.12 bits per heavy atom. The molecular formula is C51H93NO6. The standard InChI is InChI=1S/C51H93NO6/c1-7-13-17-21-43(22-18-14-8-2)28-34-56-46(53)25-30-49-37-45-38-50(40-49,31-26-47(54)57-35-29-44(23-19-15-9-3)24-20-16-10-4)42-51(39-45,41-49)32-27-48(55)58-36-33-52(11-5)12-6/h43-45H,7-42H2,1-6H3. The van der Waals surface area contributed by atoms with Crippen LogP contribution in [0.3, 0.4) is 0 Å². The zero-order valence-electron chi connectivity index (χ0n) is 39.1. The van der Waals surface area contributed by atoms with Gasteiger partial charge in [0.2, 0.25) is 0 Å². The van der Waals surface area contributed by atoms with Crippen molar-refractivity contribution in [3.63, 3.8) is 0 Å². The molecule has 0 heterocycles. The molecule has 0 amide bonds. The summed E-state index contributed by atoms with van der Waals surface area (Å²) in [6.45, 7) is 17.6. The molecule has 4 saturated carbocycles. The highest BCUT2D eigenvalue weighted by molar-refractivity contribution is 5.70. The predicted octanol–water partition coefficient (Wildman–Crippen LogP) is 13.6. The summed E-state index contributed by atoms with van der Waals surface area (Å²) < 4.78 is 17.7. The monoisotopic (exact) mass is 816 g/mol. The van der Waals surface area contributed by atoms with Crippen molar-refractivity contribution in [2.45, 2.75) is 234 Å². The summed E-state index contributed by atoms with van der Waals surface area (Å²) in [5, 5.41) is 0. The molecule has 2 unspecified atom stereocenters. The highest BCUT2D eigenvalue weighted by Gasteiger charge is 2.62. The molecule has 7 nitrogen and oxygen atoms in total. The highest BCUT2D eigenvalue weighted by atomic mass is 16.5. The van der Waals surface area contributed by atoms with Gasteiger partial charge in [-0.3, -0.25) is 14.4 Å². The first-order chi connectivity index (χ1) is 28.1. The van der Waals surface area contributed by atoms with E-state index in [-0.39, 0.29) is 34.2 Å². The summed E-state index contributed by atoms with van der Waals surface area (Å²) in [6.07, 6.45) is 32.9. The Hall–Kier alpha value is -1.63. The summed E-state index contributed by atoms with van der Waals surface area (Å²) in [5.41, 5.74) is 0.212. The van der Waals surface area contributed by atoms with E-state index < -0.39 is 0 Å². The lowest BCUT2D eigenvalue weighted by molar-refractivity contribution is -0.177. The second-order valence-electron chi connectivity index (χ2n) is 20.0. The van der Waals surface area contributed by atoms with E-state index in [4.69, 9.17) is 14.2 Å². The fourth-order valence-corrected chi connectivity index (χ4v) is 12.3. The maximum atomic E-state index is 13.4. The average Bonchev–Trinajstić information content (AvgIpc) is 3.20. The van der Waals surface area contributed by atoms with Gasteiger partial charge >= 0.3 is 17.9 Å². The van der Waals surface area contributed by atoms with Crippen LogP contribution in [0.4, 0.5) is 0 Å². The molecule has 0 spiro atoms. The Morgan fingerprint density at radius 1 is 0.483 bits per heavy atom. The second-order valence-corrected chi connectivity index (χ2v) is 20.0. The van der Waals surface area contributed by atoms with Crippen molar-refractivity contribution in [3.8, 4) is 0 Å². The topological polar surface area (TPSA) is 82.1 Å². The molecule has 0 aromatic rings. The van der Waals surface area contributed by atoms with Gasteiger partial charge in [0.25, 0.3) is 0 Å². The Bertz CT molecular complexity index is 1050. The Labute approximate surface area is 358 Å². The number of unbranched alkanes of at least 4 members (excludes halogenated alkanes) is 8. The number of carbonyl (C=O) groups is 3. The van der Waals surface area contributed by atoms with Crippen molar-refractivity contribution in [3.05, 3.63) is 0 Å². The van der Waals surface area contributed by atoms with Crippen LogP contribution < -0.4 is 0 Å². The molecule has 7 heteroatoms. The molecule has 58 heavy (non-hydrogen) atoms. The van der Waals surface area contributed by atoms with Gasteiger partial charge in [-0.05, 0) is 118 Å². The molecule has 4 aliphatic carbocycles. The van der Waals surface area contributed by atoms with Gasteiger partial charge in [0, 0.05) is 25.8 Å². The first kappa shape index (κ1) is 50.7. The number of likely N-dealkylation sites (N-methyl/N-ethyl adjacent to an activating group) is 1. The molecule has 0 saturated heterocycles. The highest BCUT2D eigenvalue weighted by Crippen LogP contribution is 2.73. The quantitative estimate of drug-likeness (QED) is 0.0354. The molecule has 2 atom stereocenters. The van der Waals surface area contributed by atoms with E-state index in [2.05, 4.69) is 46.4 Å². The van der Waals surface area contributed by atoms with Crippen LogP contribution in [0.1, 0.15) is 234 Å². The molecule has 4 fully saturated rings. The van der Waals surface area contributed by atoms with Crippen LogP contribution in [-0.4, -0.2) is 62.3 Å². The number of esters is 3. The summed E-state index contributed by atoms with van der Waals surface area (Å²) in [6, 6.07) is 0. The normalized spacial score (nSPS) is 23.6. The summed E-state index contributed by atoms with van der Waals surface area (Å²) in [4.78, 5) is 42.1. The van der Waals surface area contributed by atoms with Crippen LogP contribution in [-0.2, 0) is 28.6 Å². The van der Waals surface area contributed by atoms with Crippen LogP contribution in [0.2, 0.25) is 0 Å². The van der Waals surface area contributed by atoms with E-state index in [1.165, 1.54) is 103 Å². The maximum absolute atomic E-state index is 13.4. The molecule has 0 radical (unpaired) electrons. The smallest absolute Gasteiger partial charge is 0.305 e. The first-order valence-corrected chi connectivity index (χ1v) is 25.3. The van der Waals surface area contributed by atoms with Crippen LogP contribution in [0, 0.1) is 34.0 Å². The number of hydrogen-bond acceptors (Lipinski definition) is 7. The van der Waals surface area contributed by atoms with Gasteiger partial charge in [0.15, 0.2) is 0 Å². The molecule has 0 aromatic heterocycles. The van der Waals surface area contributed by atoms with Crippen LogP contribution in [0.5, 0.6) is 0 Å². The minimum Gasteiger partial charge on any atom is -0.466 e. The molecule has 4 bridgehead atoms. The summed E-state index contributed by atoms with van der Waals surface area (Å²) in [5.74, 6) is 1.74. The molecule has 4 rings (SSSR count). The zero-order chi connectivity index (χ0) is 42.1. The Kier molecular flexibility index (Phi) is 24.5. The molecule has 0 aliphatic heterocycles. The minimum absolute atomic E-state index is 0.0391. The Balaban J connectivity index is 1.62. The third-order valence-corrected chi connectivity index (χ3v) is 15.0. The SMILES string of the molecule is CCCCCC(CCCCC)CCOC(=O)CCC12CC3CC(CCC(=O)OCCC(CCCCC)CCCCC)(C1)CC(CCC(=O)OCCN(CC)CC)(C3)C2. The van der Waals surface area contributed by atoms with Gasteiger partial charge in [0.1, 0.15) is 6.61 Å². The van der Waals surface area contributed by atoms with E-state index in [0.717, 1.165) is 90.3 Å². The van der Waals surface area contributed by atoms with Gasteiger partial charge in [-0.15, -0.1) is 0 Å². The van der Waals surface area contributed by atoms with Gasteiger partial charge in [0.05, 0.1) is 13.2 Å². The predicted molar refractivity (Wildman–Crippen MR) is 240 cm³/mol. The van der Waals surface area contributed by atoms with Crippen molar-refractivity contribution in [1.82, 2.24) is 4.90 Å². The van der Waals surface area contributed by atoms with E-state index in [1.807, 2.05) is 0 Å². The van der Waals surface area contributed by atoms with Crippen LogP contribution >= 0.6 is 0 Å². The number of hydrogen-bond donors (Lipinski definition) is 0. The lowest BCUT2D eigenvalue weighted by Gasteiger charge is -2.67. The molecular weight excluding hydrogens is 723 g/mol. The number of rotatable bonds is 36. The second kappa shape index (κ2) is 28.1. The van der Waals surface area contributed by atoms with E-state index in [9.17, 15) is 14.4 Å². The fourth-order valence-electron chi connectivity index (χ4n) is 12.3. The van der Waals surface area contributed by atoms with Crippen molar-refractivity contribution in [2.24, 2.45) is 34.0 Å². The molecule has 0 aromatic carbocycles. The third-order valence-electron chi connectivity index (χ3n) is 15.0. The van der Waals surface area contributed by atoms with E-state index >= 15 is 0 Å². The van der Waals surface area contributed by atoms with Gasteiger partial charge in [-0.25, -0.2) is 0 Å². The van der Waals surface area contributed by atoms with Crippen molar-refractivity contribution < 1.29 is 28.6 Å². The van der Waals surface area contributed by atoms with Crippen molar-refractivity contribution in [1.29, 1.82) is 0 Å². The average molecular weight is 816 g/mol. The van der Waals surface area contributed by atoms with Gasteiger partial charge < -0.3 is 19.1 Å². The largest absolute Gasteiger partial charge is 0.466 e. The lowest BCUT2D eigenvalue weighted by Crippen LogP contribution is -2.57. The first-order valence-electron chi connectivity index (χ1n) is 25.3. The maximum Gasteiger partial charge on any atom is 0.305 e. The minimum atomic E-state index is -0.0801. The third kappa shape index (κ3) is 18.6. The van der Waals surface area contributed by atoms with E-state index in [1.54, 1.807) is 0 Å². The molecule has 338 valence electrons. The number of ether oxygens (including phenoxy) is 3. The zero-order valence-corrected chi connectivity index (χ0v) is 39.1. The Morgan fingerprint density at radius 2 is 0.810 bits per heavy atom. The fraction of sp³-hybridized carbons (Fsp3) is 0.941. The number of nitrogens with zero attached hydrogens (tertiary/aromatic N) is 1. The van der Waals surface area contributed by atoms with E-state index in [0.29, 0.717) is 56.8 Å². The number of carbonyl (C=O) groups excluding carboxylic acids is 3.